The molecule has 7 heteroatoms. The largest absolute Gasteiger partial charge is 0.490 e. The number of aromatic nitrogens is 1. The molecule has 1 saturated heterocycles. The van der Waals surface area contributed by atoms with Crippen LogP contribution in [0.2, 0.25) is 0 Å². The molecule has 0 radical (unpaired) electrons. The predicted octanol–water partition coefficient (Wildman–Crippen LogP) is 2.98. The van der Waals surface area contributed by atoms with Crippen molar-refractivity contribution >= 4 is 17.7 Å². The first-order valence-corrected chi connectivity index (χ1v) is 10.3. The smallest absolute Gasteiger partial charge is 0.221 e. The van der Waals surface area contributed by atoms with Crippen molar-refractivity contribution in [3.8, 4) is 17.4 Å². The summed E-state index contributed by atoms with van der Waals surface area (Å²) in [5.74, 6) is 3.97. The monoisotopic (exact) mass is 387 g/mol. The zero-order valence-corrected chi connectivity index (χ0v) is 16.3. The molecule has 0 bridgehead atoms. The van der Waals surface area contributed by atoms with Gasteiger partial charge in [0.05, 0.1) is 6.61 Å². The van der Waals surface area contributed by atoms with Crippen molar-refractivity contribution in [2.24, 2.45) is 0 Å². The van der Waals surface area contributed by atoms with E-state index in [0.29, 0.717) is 37.0 Å². The number of pyridine rings is 1. The molecule has 3 rings (SSSR count). The van der Waals surface area contributed by atoms with Crippen molar-refractivity contribution in [1.29, 1.82) is 0 Å². The van der Waals surface area contributed by atoms with Crippen molar-refractivity contribution in [3.63, 3.8) is 0 Å². The van der Waals surface area contributed by atoms with Crippen molar-refractivity contribution in [2.75, 3.05) is 24.7 Å². The lowest BCUT2D eigenvalue weighted by atomic mass is 10.2. The Balaban J connectivity index is 1.49. The van der Waals surface area contributed by atoms with E-state index in [2.05, 4.69) is 15.6 Å². The number of amides is 1. The molecule has 6 nitrogen and oxygen atoms in total. The van der Waals surface area contributed by atoms with E-state index in [9.17, 15) is 4.79 Å². The predicted molar refractivity (Wildman–Crippen MR) is 108 cm³/mol. The van der Waals surface area contributed by atoms with Gasteiger partial charge >= 0.3 is 0 Å². The zero-order chi connectivity index (χ0) is 18.9. The lowest BCUT2D eigenvalue weighted by Gasteiger charge is -2.22. The van der Waals surface area contributed by atoms with Crippen molar-refractivity contribution in [2.45, 2.75) is 25.9 Å². The van der Waals surface area contributed by atoms with Gasteiger partial charge in [-0.3, -0.25) is 4.79 Å². The van der Waals surface area contributed by atoms with Gasteiger partial charge in [-0.15, -0.1) is 0 Å². The van der Waals surface area contributed by atoms with Gasteiger partial charge in [0.25, 0.3) is 0 Å². The van der Waals surface area contributed by atoms with Crippen molar-refractivity contribution in [3.05, 3.63) is 48.2 Å². The van der Waals surface area contributed by atoms with Gasteiger partial charge in [-0.2, -0.15) is 11.8 Å². The number of carbonyl (C=O) groups is 1. The summed E-state index contributed by atoms with van der Waals surface area (Å²) in [6, 6.07) is 11.5. The third kappa shape index (κ3) is 6.15. The van der Waals surface area contributed by atoms with Gasteiger partial charge < -0.3 is 20.1 Å². The molecular formula is C20H25N3O3S. The molecule has 27 heavy (non-hydrogen) atoms. The van der Waals surface area contributed by atoms with Gasteiger partial charge in [0.1, 0.15) is 0 Å². The Morgan fingerprint density at radius 1 is 1.30 bits per heavy atom. The summed E-state index contributed by atoms with van der Waals surface area (Å²) >= 11 is 1.89. The molecular weight excluding hydrogens is 362 g/mol. The lowest BCUT2D eigenvalue weighted by Crippen LogP contribution is -2.41. The van der Waals surface area contributed by atoms with E-state index in [1.165, 1.54) is 0 Å². The van der Waals surface area contributed by atoms with Crippen LogP contribution in [-0.4, -0.2) is 41.6 Å². The second kappa shape index (κ2) is 10.2. The molecule has 0 spiro atoms. The Bertz CT molecular complexity index is 734. The minimum Gasteiger partial charge on any atom is -0.490 e. The third-order valence-electron chi connectivity index (χ3n) is 4.08. The number of para-hydroxylation sites is 2. The van der Waals surface area contributed by atoms with Crippen LogP contribution >= 0.6 is 11.8 Å². The van der Waals surface area contributed by atoms with E-state index < -0.39 is 0 Å². The Kier molecular flexibility index (Phi) is 7.36. The van der Waals surface area contributed by atoms with Crippen LogP contribution < -0.4 is 20.1 Å². The third-order valence-corrected chi connectivity index (χ3v) is 5.21. The number of nitrogens with zero attached hydrogens (tertiary/aromatic N) is 1. The van der Waals surface area contributed by atoms with E-state index in [1.54, 1.807) is 12.3 Å². The first-order chi connectivity index (χ1) is 13.2. The first-order valence-electron chi connectivity index (χ1n) is 9.17. The van der Waals surface area contributed by atoms with Crippen LogP contribution in [0.15, 0.2) is 42.6 Å². The number of carbonyl (C=O) groups excluding carboxylic acids is 1. The fourth-order valence-electron chi connectivity index (χ4n) is 2.75. The summed E-state index contributed by atoms with van der Waals surface area (Å²) in [4.78, 5) is 16.4. The van der Waals surface area contributed by atoms with Gasteiger partial charge in [-0.05, 0) is 24.6 Å². The average Bonchev–Trinajstić information content (AvgIpc) is 2.70. The van der Waals surface area contributed by atoms with Crippen molar-refractivity contribution in [1.82, 2.24) is 15.6 Å². The summed E-state index contributed by atoms with van der Waals surface area (Å²) in [5.41, 5.74) is 0.930. The summed E-state index contributed by atoms with van der Waals surface area (Å²) < 4.78 is 11.4. The molecule has 1 atom stereocenters. The van der Waals surface area contributed by atoms with Crippen LogP contribution in [0.1, 0.15) is 18.9 Å². The first kappa shape index (κ1) is 19.5. The van der Waals surface area contributed by atoms with E-state index in [-0.39, 0.29) is 11.9 Å². The van der Waals surface area contributed by atoms with E-state index in [1.807, 2.05) is 49.0 Å². The normalized spacial score (nSPS) is 16.6. The van der Waals surface area contributed by atoms with Gasteiger partial charge in [0.2, 0.25) is 11.8 Å². The molecule has 2 aromatic rings. The Labute approximate surface area is 164 Å². The SMILES string of the molecule is CCOc1ccccc1Oc1ccc(CNC(=O)CC2CSCCN2)cn1. The topological polar surface area (TPSA) is 72.5 Å². The molecule has 2 N–H and O–H groups in total. The fourth-order valence-corrected chi connectivity index (χ4v) is 3.69. The molecule has 0 aliphatic carbocycles. The van der Waals surface area contributed by atoms with Crippen LogP contribution in [0.3, 0.4) is 0 Å². The molecule has 1 fully saturated rings. The van der Waals surface area contributed by atoms with E-state index in [4.69, 9.17) is 9.47 Å². The van der Waals surface area contributed by atoms with Gasteiger partial charge in [-0.25, -0.2) is 4.98 Å². The summed E-state index contributed by atoms with van der Waals surface area (Å²) in [7, 11) is 0. The number of hydrogen-bond acceptors (Lipinski definition) is 6. The molecule has 1 unspecified atom stereocenters. The fraction of sp³-hybridized carbons (Fsp3) is 0.400. The summed E-state index contributed by atoms with van der Waals surface area (Å²) in [6.07, 6.45) is 2.23. The maximum Gasteiger partial charge on any atom is 0.221 e. The molecule has 1 aliphatic heterocycles. The number of rotatable bonds is 8. The number of benzene rings is 1. The molecule has 0 saturated carbocycles. The van der Waals surface area contributed by atoms with Crippen LogP contribution in [0.25, 0.3) is 0 Å². The second-order valence-electron chi connectivity index (χ2n) is 6.19. The minimum atomic E-state index is 0.0565. The van der Waals surface area contributed by atoms with Crippen LogP contribution in [0.4, 0.5) is 0 Å². The highest BCUT2D eigenvalue weighted by Gasteiger charge is 2.16. The molecule has 2 heterocycles. The molecule has 1 amide bonds. The molecule has 1 aliphatic rings. The Morgan fingerprint density at radius 3 is 2.85 bits per heavy atom. The van der Waals surface area contributed by atoms with Crippen LogP contribution in [-0.2, 0) is 11.3 Å². The van der Waals surface area contributed by atoms with E-state index >= 15 is 0 Å². The Morgan fingerprint density at radius 2 is 2.15 bits per heavy atom. The summed E-state index contributed by atoms with van der Waals surface area (Å²) in [6.45, 7) is 3.94. The number of ether oxygens (including phenoxy) is 2. The highest BCUT2D eigenvalue weighted by molar-refractivity contribution is 7.99. The lowest BCUT2D eigenvalue weighted by molar-refractivity contribution is -0.121. The standard InChI is InChI=1S/C20H25N3O3S/c1-2-25-17-5-3-4-6-18(17)26-20-8-7-15(13-23-20)12-22-19(24)11-16-14-27-10-9-21-16/h3-8,13,16,21H,2,9-12,14H2,1H3,(H,22,24). The summed E-state index contributed by atoms with van der Waals surface area (Å²) in [5, 5.41) is 6.32. The highest BCUT2D eigenvalue weighted by atomic mass is 32.2. The molecule has 144 valence electrons. The zero-order valence-electron chi connectivity index (χ0n) is 15.4. The maximum absolute atomic E-state index is 12.1. The molecule has 1 aromatic carbocycles. The van der Waals surface area contributed by atoms with Gasteiger partial charge in [0.15, 0.2) is 11.5 Å². The van der Waals surface area contributed by atoms with Gasteiger partial charge in [-0.1, -0.05) is 18.2 Å². The average molecular weight is 388 g/mol. The van der Waals surface area contributed by atoms with E-state index in [0.717, 1.165) is 23.6 Å². The molecule has 1 aromatic heterocycles. The van der Waals surface area contributed by atoms with Crippen LogP contribution in [0, 0.1) is 0 Å². The van der Waals surface area contributed by atoms with Crippen LogP contribution in [0.5, 0.6) is 17.4 Å². The second-order valence-corrected chi connectivity index (χ2v) is 7.34. The Hall–Kier alpha value is -2.25. The van der Waals surface area contributed by atoms with Gasteiger partial charge in [0, 0.05) is 49.3 Å². The highest BCUT2D eigenvalue weighted by Crippen LogP contribution is 2.30. The number of nitrogens with one attached hydrogen (secondary N) is 2. The number of thioether (sulfide) groups is 1. The van der Waals surface area contributed by atoms with Crippen molar-refractivity contribution < 1.29 is 14.3 Å². The minimum absolute atomic E-state index is 0.0565. The quantitative estimate of drug-likeness (QED) is 0.726. The maximum atomic E-state index is 12.1. The number of hydrogen-bond donors (Lipinski definition) is 2.